The summed E-state index contributed by atoms with van der Waals surface area (Å²) in [6.07, 6.45) is 0. The van der Waals surface area contributed by atoms with E-state index in [2.05, 4.69) is 34.6 Å². The lowest BCUT2D eigenvalue weighted by Crippen LogP contribution is -2.14. The highest BCUT2D eigenvalue weighted by Gasteiger charge is 2.17. The van der Waals surface area contributed by atoms with E-state index in [1.165, 1.54) is 17.3 Å². The minimum atomic E-state index is -0.116. The van der Waals surface area contributed by atoms with Gasteiger partial charge in [-0.15, -0.1) is 10.2 Å². The third-order valence-corrected chi connectivity index (χ3v) is 5.59. The van der Waals surface area contributed by atoms with Crippen LogP contribution in [0.4, 0.5) is 5.69 Å². The molecule has 0 unspecified atom stereocenters. The molecule has 4 rings (SSSR count). The van der Waals surface area contributed by atoms with Crippen molar-refractivity contribution in [2.45, 2.75) is 12.1 Å². The Hall–Kier alpha value is -3.58. The van der Waals surface area contributed by atoms with Gasteiger partial charge in [-0.2, -0.15) is 0 Å². The van der Waals surface area contributed by atoms with Crippen LogP contribution in [-0.4, -0.2) is 33.5 Å². The summed E-state index contributed by atoms with van der Waals surface area (Å²) in [4.78, 5) is 12.5. The number of carbonyl (C=O) groups is 1. The molecule has 156 valence electrons. The summed E-state index contributed by atoms with van der Waals surface area (Å²) in [5.74, 6) is 1.58. The third kappa shape index (κ3) is 4.95. The van der Waals surface area contributed by atoms with Crippen molar-refractivity contribution >= 4 is 23.4 Å². The van der Waals surface area contributed by atoms with Crippen molar-refractivity contribution in [3.8, 4) is 22.8 Å². The zero-order chi connectivity index (χ0) is 21.6. The van der Waals surface area contributed by atoms with E-state index in [0.717, 1.165) is 28.5 Å². The smallest absolute Gasteiger partial charge is 0.234 e. The molecule has 0 saturated carbocycles. The number of para-hydroxylation sites is 1. The summed E-state index contributed by atoms with van der Waals surface area (Å²) in [5, 5.41) is 12.3. The molecule has 1 N–H and O–H groups in total. The Morgan fingerprint density at radius 1 is 0.968 bits per heavy atom. The Morgan fingerprint density at radius 2 is 1.68 bits per heavy atom. The number of aromatic nitrogens is 3. The second kappa shape index (κ2) is 9.49. The van der Waals surface area contributed by atoms with Crippen molar-refractivity contribution in [1.29, 1.82) is 0 Å². The van der Waals surface area contributed by atoms with Gasteiger partial charge in [-0.3, -0.25) is 9.36 Å². The first-order chi connectivity index (χ1) is 15.1. The fourth-order valence-electron chi connectivity index (χ4n) is 3.06. The number of ether oxygens (including phenoxy) is 1. The van der Waals surface area contributed by atoms with E-state index in [-0.39, 0.29) is 11.7 Å². The lowest BCUT2D eigenvalue weighted by molar-refractivity contribution is -0.113. The van der Waals surface area contributed by atoms with Crippen molar-refractivity contribution in [1.82, 2.24) is 14.8 Å². The van der Waals surface area contributed by atoms with Gasteiger partial charge in [0, 0.05) is 16.9 Å². The number of anilines is 1. The monoisotopic (exact) mass is 430 g/mol. The topological polar surface area (TPSA) is 69.0 Å². The van der Waals surface area contributed by atoms with Crippen LogP contribution in [0.25, 0.3) is 17.1 Å². The molecule has 0 fully saturated rings. The maximum Gasteiger partial charge on any atom is 0.234 e. The standard InChI is InChI=1S/C24H22N4O2S/c1-17-8-10-18(11-9-17)23-26-27-24(28(23)20-6-4-3-5-7-20)31-16-22(29)25-19-12-14-21(30-2)15-13-19/h3-15H,16H2,1-2H3,(H,25,29). The maximum atomic E-state index is 12.5. The van der Waals surface area contributed by atoms with Gasteiger partial charge < -0.3 is 10.1 Å². The number of amides is 1. The molecule has 4 aromatic rings. The van der Waals surface area contributed by atoms with E-state index in [4.69, 9.17) is 4.74 Å². The van der Waals surface area contributed by atoms with E-state index in [1.807, 2.05) is 71.3 Å². The van der Waals surface area contributed by atoms with Gasteiger partial charge in [0.1, 0.15) is 5.75 Å². The molecular formula is C24H22N4O2S. The predicted octanol–water partition coefficient (Wildman–Crippen LogP) is 4.98. The molecule has 0 aliphatic heterocycles. The van der Waals surface area contributed by atoms with E-state index in [1.54, 1.807) is 7.11 Å². The predicted molar refractivity (Wildman–Crippen MR) is 124 cm³/mol. The minimum absolute atomic E-state index is 0.116. The van der Waals surface area contributed by atoms with Crippen molar-refractivity contribution in [2.24, 2.45) is 0 Å². The van der Waals surface area contributed by atoms with Crippen molar-refractivity contribution in [3.05, 3.63) is 84.4 Å². The molecule has 1 amide bonds. The Bertz CT molecular complexity index is 1160. The first-order valence-corrected chi connectivity index (χ1v) is 10.8. The van der Waals surface area contributed by atoms with Crippen LogP contribution < -0.4 is 10.1 Å². The molecule has 3 aromatic carbocycles. The molecule has 31 heavy (non-hydrogen) atoms. The number of hydrogen-bond acceptors (Lipinski definition) is 5. The Kier molecular flexibility index (Phi) is 6.33. The highest BCUT2D eigenvalue weighted by Crippen LogP contribution is 2.28. The minimum Gasteiger partial charge on any atom is -0.497 e. The highest BCUT2D eigenvalue weighted by molar-refractivity contribution is 7.99. The summed E-state index contributed by atoms with van der Waals surface area (Å²) < 4.78 is 7.13. The molecule has 1 heterocycles. The summed E-state index contributed by atoms with van der Waals surface area (Å²) in [7, 11) is 1.61. The Morgan fingerprint density at radius 3 is 2.35 bits per heavy atom. The number of nitrogens with one attached hydrogen (secondary N) is 1. The maximum absolute atomic E-state index is 12.5. The molecule has 0 aliphatic rings. The Labute approximate surface area is 185 Å². The summed E-state index contributed by atoms with van der Waals surface area (Å²) >= 11 is 1.35. The summed E-state index contributed by atoms with van der Waals surface area (Å²) in [5.41, 5.74) is 3.81. The summed E-state index contributed by atoms with van der Waals surface area (Å²) in [6, 6.07) is 25.3. The number of benzene rings is 3. The van der Waals surface area contributed by atoms with Gasteiger partial charge in [0.25, 0.3) is 0 Å². The number of rotatable bonds is 7. The molecular weight excluding hydrogens is 408 g/mol. The third-order valence-electron chi connectivity index (χ3n) is 4.66. The average Bonchev–Trinajstić information content (AvgIpc) is 3.23. The molecule has 0 aliphatic carbocycles. The molecule has 6 nitrogen and oxygen atoms in total. The van der Waals surface area contributed by atoms with E-state index in [9.17, 15) is 4.79 Å². The van der Waals surface area contributed by atoms with Crippen molar-refractivity contribution < 1.29 is 9.53 Å². The molecule has 0 bridgehead atoms. The molecule has 7 heteroatoms. The lowest BCUT2D eigenvalue weighted by Gasteiger charge is -2.11. The van der Waals surface area contributed by atoms with Crippen LogP contribution in [0.3, 0.4) is 0 Å². The zero-order valence-electron chi connectivity index (χ0n) is 17.3. The van der Waals surface area contributed by atoms with Gasteiger partial charge in [0.2, 0.25) is 5.91 Å². The SMILES string of the molecule is COc1ccc(NC(=O)CSc2nnc(-c3ccc(C)cc3)n2-c2ccccc2)cc1. The Balaban J connectivity index is 1.55. The number of methoxy groups -OCH3 is 1. The van der Waals surface area contributed by atoms with E-state index < -0.39 is 0 Å². The van der Waals surface area contributed by atoms with Crippen LogP contribution >= 0.6 is 11.8 Å². The number of hydrogen-bond donors (Lipinski definition) is 1. The van der Waals surface area contributed by atoms with Crippen LogP contribution in [0.15, 0.2) is 84.0 Å². The van der Waals surface area contributed by atoms with Gasteiger partial charge >= 0.3 is 0 Å². The molecule has 0 saturated heterocycles. The van der Waals surface area contributed by atoms with Crippen molar-refractivity contribution in [2.75, 3.05) is 18.2 Å². The van der Waals surface area contributed by atoms with Crippen LogP contribution in [0.5, 0.6) is 5.75 Å². The molecule has 0 atom stereocenters. The fourth-order valence-corrected chi connectivity index (χ4v) is 3.82. The number of thioether (sulfide) groups is 1. The fraction of sp³-hybridized carbons (Fsp3) is 0.125. The number of aryl methyl sites for hydroxylation is 1. The highest BCUT2D eigenvalue weighted by atomic mass is 32.2. The van der Waals surface area contributed by atoms with E-state index in [0.29, 0.717) is 5.16 Å². The quantitative estimate of drug-likeness (QED) is 0.419. The van der Waals surface area contributed by atoms with Crippen molar-refractivity contribution in [3.63, 3.8) is 0 Å². The van der Waals surface area contributed by atoms with Gasteiger partial charge in [0.05, 0.1) is 12.9 Å². The second-order valence-electron chi connectivity index (χ2n) is 6.91. The normalized spacial score (nSPS) is 10.6. The largest absolute Gasteiger partial charge is 0.497 e. The van der Waals surface area contributed by atoms with Gasteiger partial charge in [-0.25, -0.2) is 0 Å². The van der Waals surface area contributed by atoms with Gasteiger partial charge in [0.15, 0.2) is 11.0 Å². The van der Waals surface area contributed by atoms with Crippen LogP contribution in [0.1, 0.15) is 5.56 Å². The van der Waals surface area contributed by atoms with Crippen LogP contribution in [-0.2, 0) is 4.79 Å². The van der Waals surface area contributed by atoms with Gasteiger partial charge in [-0.1, -0.05) is 59.8 Å². The average molecular weight is 431 g/mol. The molecule has 0 radical (unpaired) electrons. The van der Waals surface area contributed by atoms with Gasteiger partial charge in [-0.05, 0) is 43.3 Å². The van der Waals surface area contributed by atoms with E-state index >= 15 is 0 Å². The summed E-state index contributed by atoms with van der Waals surface area (Å²) in [6.45, 7) is 2.05. The molecule has 0 spiro atoms. The van der Waals surface area contributed by atoms with Crippen LogP contribution in [0, 0.1) is 6.92 Å². The first-order valence-electron chi connectivity index (χ1n) is 9.78. The number of carbonyl (C=O) groups excluding carboxylic acids is 1. The zero-order valence-corrected chi connectivity index (χ0v) is 18.1. The first kappa shape index (κ1) is 20.7. The lowest BCUT2D eigenvalue weighted by atomic mass is 10.1. The number of nitrogens with zero attached hydrogens (tertiary/aromatic N) is 3. The second-order valence-corrected chi connectivity index (χ2v) is 7.85. The molecule has 1 aromatic heterocycles. The van der Waals surface area contributed by atoms with Crippen LogP contribution in [0.2, 0.25) is 0 Å².